The van der Waals surface area contributed by atoms with Crippen LogP contribution >= 0.6 is 0 Å². The van der Waals surface area contributed by atoms with Gasteiger partial charge < -0.3 is 16.4 Å². The van der Waals surface area contributed by atoms with Crippen molar-refractivity contribution in [3.05, 3.63) is 0 Å². The third kappa shape index (κ3) is 4.14. The van der Waals surface area contributed by atoms with Gasteiger partial charge in [0.2, 0.25) is 0 Å². The summed E-state index contributed by atoms with van der Waals surface area (Å²) < 4.78 is 0. The van der Waals surface area contributed by atoms with Crippen LogP contribution in [0.15, 0.2) is 4.99 Å². The van der Waals surface area contributed by atoms with E-state index in [-0.39, 0.29) is 5.96 Å². The van der Waals surface area contributed by atoms with Crippen LogP contribution in [0.1, 0.15) is 6.92 Å². The van der Waals surface area contributed by atoms with E-state index in [4.69, 9.17) is 11.5 Å². The van der Waals surface area contributed by atoms with Gasteiger partial charge >= 0.3 is 0 Å². The van der Waals surface area contributed by atoms with Crippen molar-refractivity contribution in [3.8, 4) is 0 Å². The molecule has 0 aliphatic rings. The van der Waals surface area contributed by atoms with Crippen molar-refractivity contribution in [2.24, 2.45) is 16.5 Å². The van der Waals surface area contributed by atoms with E-state index in [1.54, 1.807) is 0 Å². The first-order valence-electron chi connectivity index (χ1n) is 3.26. The number of guanidine groups is 1. The van der Waals surface area contributed by atoms with Gasteiger partial charge in [0.15, 0.2) is 5.96 Å². The lowest BCUT2D eigenvalue weighted by molar-refractivity contribution is 0.321. The van der Waals surface area contributed by atoms with E-state index in [2.05, 4.69) is 16.8 Å². The second-order valence-corrected chi connectivity index (χ2v) is 2.58. The smallest absolute Gasteiger partial charge is 0.185 e. The molecule has 4 N–H and O–H groups in total. The van der Waals surface area contributed by atoms with Crippen molar-refractivity contribution in [1.29, 1.82) is 0 Å². The fourth-order valence-corrected chi connectivity index (χ4v) is 0.401. The highest BCUT2D eigenvalue weighted by Gasteiger charge is 2.01. The molecule has 0 aromatic carbocycles. The summed E-state index contributed by atoms with van der Waals surface area (Å²) in [5, 5.41) is 0. The molecule has 0 aromatic rings. The zero-order chi connectivity index (χ0) is 8.15. The molecule has 0 saturated carbocycles. The summed E-state index contributed by atoms with van der Waals surface area (Å²) in [5.74, 6) is 0.161. The van der Waals surface area contributed by atoms with Gasteiger partial charge in [-0.05, 0) is 21.0 Å². The van der Waals surface area contributed by atoms with E-state index in [9.17, 15) is 0 Å². The summed E-state index contributed by atoms with van der Waals surface area (Å²) in [4.78, 5) is 5.94. The highest BCUT2D eigenvalue weighted by Crippen LogP contribution is 1.90. The predicted octanol–water partition coefficient (Wildman–Crippen LogP) is -0.790. The molecular formula is C6H16N4. The Morgan fingerprint density at radius 2 is 2.00 bits per heavy atom. The molecule has 0 aliphatic carbocycles. The quantitative estimate of drug-likeness (QED) is 0.403. The van der Waals surface area contributed by atoms with Crippen molar-refractivity contribution in [2.45, 2.75) is 13.0 Å². The highest BCUT2D eigenvalue weighted by atomic mass is 15.1. The first-order valence-corrected chi connectivity index (χ1v) is 3.26. The minimum atomic E-state index is 0.161. The molecule has 4 nitrogen and oxygen atoms in total. The van der Waals surface area contributed by atoms with E-state index in [1.165, 1.54) is 0 Å². The molecule has 60 valence electrons. The Kier molecular flexibility index (Phi) is 3.79. The van der Waals surface area contributed by atoms with Crippen molar-refractivity contribution in [1.82, 2.24) is 4.90 Å². The van der Waals surface area contributed by atoms with Gasteiger partial charge in [-0.15, -0.1) is 0 Å². The fourth-order valence-electron chi connectivity index (χ4n) is 0.401. The number of nitrogens with zero attached hydrogens (tertiary/aromatic N) is 2. The molecule has 0 rings (SSSR count). The maximum atomic E-state index is 5.15. The molecule has 0 bridgehead atoms. The molecular weight excluding hydrogens is 128 g/mol. The Labute approximate surface area is 61.9 Å². The third-order valence-corrected chi connectivity index (χ3v) is 1.42. The molecule has 1 atom stereocenters. The molecule has 1 unspecified atom stereocenters. The van der Waals surface area contributed by atoms with Gasteiger partial charge in [0.1, 0.15) is 0 Å². The number of hydrogen-bond acceptors (Lipinski definition) is 2. The van der Waals surface area contributed by atoms with Crippen LogP contribution in [0.25, 0.3) is 0 Å². The third-order valence-electron chi connectivity index (χ3n) is 1.42. The molecule has 0 aliphatic heterocycles. The van der Waals surface area contributed by atoms with Gasteiger partial charge in [0, 0.05) is 6.04 Å². The van der Waals surface area contributed by atoms with Crippen molar-refractivity contribution >= 4 is 5.96 Å². The lowest BCUT2D eigenvalue weighted by atomic mass is 10.3. The summed E-state index contributed by atoms with van der Waals surface area (Å²) in [7, 11) is 3.99. The number of hydrogen-bond donors (Lipinski definition) is 2. The summed E-state index contributed by atoms with van der Waals surface area (Å²) in [6, 6.07) is 0.391. The molecule has 0 amide bonds. The van der Waals surface area contributed by atoms with E-state index in [0.29, 0.717) is 12.6 Å². The van der Waals surface area contributed by atoms with Crippen LogP contribution in [0.5, 0.6) is 0 Å². The van der Waals surface area contributed by atoms with Crippen LogP contribution < -0.4 is 11.5 Å². The fraction of sp³-hybridized carbons (Fsp3) is 0.833. The van der Waals surface area contributed by atoms with Crippen LogP contribution in [-0.2, 0) is 0 Å². The summed E-state index contributed by atoms with van der Waals surface area (Å²) in [5.41, 5.74) is 10.3. The molecule has 0 saturated heterocycles. The number of aliphatic imine (C=N–C) groups is 1. The van der Waals surface area contributed by atoms with Gasteiger partial charge in [-0.2, -0.15) is 0 Å². The largest absolute Gasteiger partial charge is 0.370 e. The molecule has 0 spiro atoms. The average molecular weight is 144 g/mol. The summed E-state index contributed by atoms with van der Waals surface area (Å²) >= 11 is 0. The Bertz CT molecular complexity index is 115. The zero-order valence-electron chi connectivity index (χ0n) is 6.83. The van der Waals surface area contributed by atoms with E-state index >= 15 is 0 Å². The van der Waals surface area contributed by atoms with Gasteiger partial charge in [-0.25, -0.2) is 0 Å². The highest BCUT2D eigenvalue weighted by molar-refractivity contribution is 5.75. The first kappa shape index (κ1) is 9.23. The molecule has 10 heavy (non-hydrogen) atoms. The van der Waals surface area contributed by atoms with Gasteiger partial charge in [0.25, 0.3) is 0 Å². The van der Waals surface area contributed by atoms with Crippen LogP contribution in [0, 0.1) is 0 Å². The second-order valence-electron chi connectivity index (χ2n) is 2.58. The predicted molar refractivity (Wildman–Crippen MR) is 43.8 cm³/mol. The van der Waals surface area contributed by atoms with E-state index in [1.807, 2.05) is 14.1 Å². The standard InChI is InChI=1S/C6H16N4/c1-5(10(2)3)4-9-6(7)8/h5H,4H2,1-3H3,(H4,7,8,9). The Balaban J connectivity index is 3.59. The maximum absolute atomic E-state index is 5.15. The monoisotopic (exact) mass is 144 g/mol. The Morgan fingerprint density at radius 3 is 2.30 bits per heavy atom. The Hall–Kier alpha value is -0.770. The van der Waals surface area contributed by atoms with E-state index in [0.717, 1.165) is 0 Å². The van der Waals surface area contributed by atoms with Gasteiger partial charge in [-0.3, -0.25) is 4.99 Å². The molecule has 0 radical (unpaired) electrons. The van der Waals surface area contributed by atoms with Crippen molar-refractivity contribution in [2.75, 3.05) is 20.6 Å². The first-order chi connectivity index (χ1) is 4.54. The second kappa shape index (κ2) is 4.11. The van der Waals surface area contributed by atoms with Crippen LogP contribution in [0.2, 0.25) is 0 Å². The van der Waals surface area contributed by atoms with Crippen LogP contribution in [0.4, 0.5) is 0 Å². The molecule has 0 heterocycles. The summed E-state index contributed by atoms with van der Waals surface area (Å²) in [6.45, 7) is 2.72. The van der Waals surface area contributed by atoms with Crippen LogP contribution in [0.3, 0.4) is 0 Å². The number of rotatable bonds is 3. The van der Waals surface area contributed by atoms with Gasteiger partial charge in [-0.1, -0.05) is 0 Å². The zero-order valence-corrected chi connectivity index (χ0v) is 6.83. The van der Waals surface area contributed by atoms with Gasteiger partial charge in [0.05, 0.1) is 6.54 Å². The average Bonchev–Trinajstić information content (AvgIpc) is 1.82. The SMILES string of the molecule is CC(CN=C(N)N)N(C)C. The minimum Gasteiger partial charge on any atom is -0.370 e. The number of likely N-dealkylation sites (N-methyl/N-ethyl adjacent to an activating group) is 1. The normalized spacial score (nSPS) is 13.2. The van der Waals surface area contributed by atoms with Crippen LogP contribution in [-0.4, -0.2) is 37.5 Å². The molecule has 4 heteroatoms. The molecule has 0 fully saturated rings. The lowest BCUT2D eigenvalue weighted by Crippen LogP contribution is -2.30. The Morgan fingerprint density at radius 1 is 1.50 bits per heavy atom. The lowest BCUT2D eigenvalue weighted by Gasteiger charge is -2.16. The maximum Gasteiger partial charge on any atom is 0.185 e. The molecule has 0 aromatic heterocycles. The summed E-state index contributed by atoms with van der Waals surface area (Å²) in [6.07, 6.45) is 0. The topological polar surface area (TPSA) is 67.6 Å². The van der Waals surface area contributed by atoms with E-state index < -0.39 is 0 Å². The van der Waals surface area contributed by atoms with Crippen molar-refractivity contribution < 1.29 is 0 Å². The number of nitrogens with two attached hydrogens (primary N) is 2. The minimum absolute atomic E-state index is 0.161. The van der Waals surface area contributed by atoms with Crippen molar-refractivity contribution in [3.63, 3.8) is 0 Å².